The molecule has 1 rings (SSSR count). The van der Waals surface area contributed by atoms with Crippen molar-refractivity contribution in [1.29, 1.82) is 5.26 Å². The molecule has 0 unspecified atom stereocenters. The van der Waals surface area contributed by atoms with E-state index in [9.17, 15) is 10.1 Å². The highest BCUT2D eigenvalue weighted by atomic mass is 16.6. The second kappa shape index (κ2) is 4.01. The molecule has 4 nitrogen and oxygen atoms in total. The van der Waals surface area contributed by atoms with E-state index in [0.717, 1.165) is 12.1 Å². The molecular formula is C11H11N2O2-. The monoisotopic (exact) mass is 203 g/mol. The molecule has 1 aromatic carbocycles. The van der Waals surface area contributed by atoms with Gasteiger partial charge in [0.1, 0.15) is 0 Å². The minimum Gasteiger partial charge on any atom is -0.295 e. The van der Waals surface area contributed by atoms with Gasteiger partial charge in [0.2, 0.25) is 0 Å². The predicted octanol–water partition coefficient (Wildman–Crippen LogP) is 2.27. The van der Waals surface area contributed by atoms with E-state index in [1.54, 1.807) is 38.1 Å². The molecule has 0 bridgehead atoms. The van der Waals surface area contributed by atoms with Gasteiger partial charge in [-0.3, -0.25) is 10.1 Å². The van der Waals surface area contributed by atoms with Crippen LogP contribution in [-0.2, 0) is 5.41 Å². The van der Waals surface area contributed by atoms with E-state index >= 15 is 0 Å². The van der Waals surface area contributed by atoms with Crippen LogP contribution in [-0.4, -0.2) is 4.92 Å². The molecule has 4 heteroatoms. The fourth-order valence-corrected chi connectivity index (χ4v) is 1.31. The van der Waals surface area contributed by atoms with E-state index < -0.39 is 10.3 Å². The molecule has 1 aromatic rings. The predicted molar refractivity (Wildman–Crippen MR) is 55.5 cm³/mol. The number of benzene rings is 1. The topological polar surface area (TPSA) is 66.9 Å². The Hall–Kier alpha value is -2.02. The van der Waals surface area contributed by atoms with Crippen LogP contribution in [0.15, 0.2) is 24.3 Å². The Labute approximate surface area is 88.3 Å². The second-order valence-corrected chi connectivity index (χ2v) is 3.83. The average molecular weight is 203 g/mol. The fourth-order valence-electron chi connectivity index (χ4n) is 1.31. The zero-order valence-electron chi connectivity index (χ0n) is 8.60. The standard InChI is InChI=1S/C11H11N2O2/c1-11(2,8-13(14)15)10-5-3-9(7-12)4-6-10/h3-6,8H,1-2H3/q-1. The lowest BCUT2D eigenvalue weighted by Gasteiger charge is -2.29. The van der Waals surface area contributed by atoms with Crippen LogP contribution < -0.4 is 0 Å². The van der Waals surface area contributed by atoms with Crippen molar-refractivity contribution in [2.24, 2.45) is 0 Å². The van der Waals surface area contributed by atoms with Gasteiger partial charge in [0, 0.05) is 0 Å². The van der Waals surface area contributed by atoms with Gasteiger partial charge in [-0.1, -0.05) is 37.0 Å². The summed E-state index contributed by atoms with van der Waals surface area (Å²) in [4.78, 5) is 9.96. The lowest BCUT2D eigenvalue weighted by molar-refractivity contribution is -0.445. The maximum Gasteiger partial charge on any atom is 0.0991 e. The van der Waals surface area contributed by atoms with Crippen LogP contribution in [0.3, 0.4) is 0 Å². The van der Waals surface area contributed by atoms with Crippen LogP contribution in [0.4, 0.5) is 0 Å². The highest BCUT2D eigenvalue weighted by Gasteiger charge is 2.16. The maximum absolute atomic E-state index is 10.4. The van der Waals surface area contributed by atoms with Crippen molar-refractivity contribution < 1.29 is 4.92 Å². The van der Waals surface area contributed by atoms with E-state index in [-0.39, 0.29) is 0 Å². The zero-order chi connectivity index (χ0) is 11.5. The molecule has 0 saturated heterocycles. The molecule has 15 heavy (non-hydrogen) atoms. The molecule has 0 aliphatic carbocycles. The van der Waals surface area contributed by atoms with Gasteiger partial charge >= 0.3 is 0 Å². The van der Waals surface area contributed by atoms with Crippen molar-refractivity contribution in [2.45, 2.75) is 19.3 Å². The van der Waals surface area contributed by atoms with Crippen LogP contribution in [0.1, 0.15) is 25.0 Å². The number of nitro groups is 1. The Morgan fingerprint density at radius 2 is 1.93 bits per heavy atom. The van der Waals surface area contributed by atoms with E-state index in [0.29, 0.717) is 5.56 Å². The molecule has 0 spiro atoms. The van der Waals surface area contributed by atoms with Crippen molar-refractivity contribution in [2.75, 3.05) is 0 Å². The summed E-state index contributed by atoms with van der Waals surface area (Å²) >= 11 is 0. The molecule has 0 fully saturated rings. The summed E-state index contributed by atoms with van der Waals surface area (Å²) in [6.45, 7) is 4.57. The van der Waals surface area contributed by atoms with Gasteiger partial charge in [-0.05, 0) is 18.7 Å². The van der Waals surface area contributed by atoms with E-state index in [4.69, 9.17) is 5.26 Å². The van der Waals surface area contributed by atoms with E-state index in [2.05, 4.69) is 0 Å². The normalized spacial score (nSPS) is 10.5. The summed E-state index contributed by atoms with van der Waals surface area (Å²) in [5.74, 6) is 0. The average Bonchev–Trinajstić information content (AvgIpc) is 2.16. The minimum atomic E-state index is -0.627. The van der Waals surface area contributed by atoms with Gasteiger partial charge in [-0.25, -0.2) is 0 Å². The Morgan fingerprint density at radius 3 is 2.33 bits per heavy atom. The smallest absolute Gasteiger partial charge is 0.0991 e. The highest BCUT2D eigenvalue weighted by Crippen LogP contribution is 2.26. The van der Waals surface area contributed by atoms with Crippen LogP contribution in [0.25, 0.3) is 0 Å². The zero-order valence-corrected chi connectivity index (χ0v) is 8.60. The van der Waals surface area contributed by atoms with Crippen molar-refractivity contribution in [3.05, 3.63) is 52.1 Å². The van der Waals surface area contributed by atoms with Crippen LogP contribution in [0.5, 0.6) is 0 Å². The molecule has 0 N–H and O–H groups in total. The second-order valence-electron chi connectivity index (χ2n) is 3.83. The van der Waals surface area contributed by atoms with Gasteiger partial charge in [-0.2, -0.15) is 5.26 Å². The maximum atomic E-state index is 10.4. The summed E-state index contributed by atoms with van der Waals surface area (Å²) in [7, 11) is 0. The van der Waals surface area contributed by atoms with E-state index in [1.807, 2.05) is 6.07 Å². The molecule has 0 heterocycles. The first kappa shape index (κ1) is 11.1. The lowest BCUT2D eigenvalue weighted by atomic mass is 9.84. The number of hydrogen-bond donors (Lipinski definition) is 0. The molecule has 0 saturated carbocycles. The number of nitriles is 1. The molecule has 0 atom stereocenters. The lowest BCUT2D eigenvalue weighted by Crippen LogP contribution is -2.22. The Bertz CT molecular complexity index is 402. The summed E-state index contributed by atoms with van der Waals surface area (Å²) in [6, 6.07) is 8.79. The SMILES string of the molecule is CC(C)([CH-][N+](=O)[O-])c1ccc(C#N)cc1. The molecule has 0 aromatic heterocycles. The number of nitrogens with zero attached hydrogens (tertiary/aromatic N) is 2. The van der Waals surface area contributed by atoms with Gasteiger partial charge in [0.25, 0.3) is 0 Å². The molecule has 0 aliphatic heterocycles. The first-order valence-electron chi connectivity index (χ1n) is 4.46. The van der Waals surface area contributed by atoms with Gasteiger partial charge in [0.15, 0.2) is 0 Å². The summed E-state index contributed by atoms with van der Waals surface area (Å²) in [5.41, 5.74) is 0.742. The van der Waals surface area contributed by atoms with Crippen molar-refractivity contribution in [1.82, 2.24) is 0 Å². The third-order valence-electron chi connectivity index (χ3n) is 2.19. The van der Waals surface area contributed by atoms with Crippen molar-refractivity contribution >= 4 is 0 Å². The number of rotatable bonds is 3. The molecule has 0 amide bonds. The fraction of sp³-hybridized carbons (Fsp3) is 0.273. The molecule has 78 valence electrons. The molecule has 0 radical (unpaired) electrons. The Kier molecular flexibility index (Phi) is 2.96. The number of hydrogen-bond acceptors (Lipinski definition) is 3. The Morgan fingerprint density at radius 1 is 1.40 bits per heavy atom. The highest BCUT2D eigenvalue weighted by molar-refractivity contribution is 5.35. The first-order chi connectivity index (χ1) is 6.95. The van der Waals surface area contributed by atoms with Crippen LogP contribution in [0.2, 0.25) is 0 Å². The van der Waals surface area contributed by atoms with Crippen LogP contribution in [0, 0.1) is 28.0 Å². The third-order valence-corrected chi connectivity index (χ3v) is 2.19. The Balaban J connectivity index is 2.95. The van der Waals surface area contributed by atoms with E-state index in [1.165, 1.54) is 0 Å². The quantitative estimate of drug-likeness (QED) is 0.430. The molecular weight excluding hydrogens is 192 g/mol. The first-order valence-corrected chi connectivity index (χ1v) is 4.46. The van der Waals surface area contributed by atoms with Gasteiger partial charge in [0.05, 0.1) is 11.6 Å². The van der Waals surface area contributed by atoms with Gasteiger partial charge < -0.3 is 0 Å². The van der Waals surface area contributed by atoms with Gasteiger partial charge in [-0.15, -0.1) is 4.92 Å². The van der Waals surface area contributed by atoms with Crippen molar-refractivity contribution in [3.8, 4) is 6.07 Å². The minimum absolute atomic E-state index is 0.446. The summed E-state index contributed by atoms with van der Waals surface area (Å²) in [5, 5.41) is 19.0. The third kappa shape index (κ3) is 2.71. The largest absolute Gasteiger partial charge is 0.295 e. The summed E-state index contributed by atoms with van der Waals surface area (Å²) in [6.07, 6.45) is 0. The molecule has 0 aliphatic rings. The summed E-state index contributed by atoms with van der Waals surface area (Å²) < 4.78 is 0. The van der Waals surface area contributed by atoms with Crippen LogP contribution >= 0.6 is 0 Å². The van der Waals surface area contributed by atoms with Crippen molar-refractivity contribution in [3.63, 3.8) is 0 Å².